The minimum absolute atomic E-state index is 0.138. The number of aromatic amines is 1. The Labute approximate surface area is 98.1 Å². The van der Waals surface area contributed by atoms with Gasteiger partial charge in [0.15, 0.2) is 0 Å². The molecule has 0 aliphatic rings. The Balaban J connectivity index is 2.21. The number of nitrogens with one attached hydrogen (secondary N) is 1. The Morgan fingerprint density at radius 3 is 3.00 bits per heavy atom. The third-order valence-electron chi connectivity index (χ3n) is 2.21. The van der Waals surface area contributed by atoms with Crippen molar-refractivity contribution in [3.8, 4) is 0 Å². The van der Waals surface area contributed by atoms with E-state index in [4.69, 9.17) is 4.42 Å². The highest BCUT2D eigenvalue weighted by Gasteiger charge is 2.16. The maximum absolute atomic E-state index is 11.3. The first kappa shape index (κ1) is 11.2. The molecule has 0 aliphatic carbocycles. The van der Waals surface area contributed by atoms with Crippen LogP contribution in [0.25, 0.3) is 12.2 Å². The fraction of sp³-hybridized carbons (Fsp3) is 0.167. The molecule has 0 fully saturated rings. The number of carbonyl (C=O) groups excluding carboxylic acids is 1. The average Bonchev–Trinajstić information content (AvgIpc) is 2.94. The van der Waals surface area contributed by atoms with Crippen LogP contribution in [0.2, 0.25) is 0 Å². The maximum Gasteiger partial charge on any atom is 0.375 e. The third-order valence-corrected chi connectivity index (χ3v) is 2.21. The second-order valence-corrected chi connectivity index (χ2v) is 3.42. The summed E-state index contributed by atoms with van der Waals surface area (Å²) in [5.41, 5.74) is 1.45. The van der Waals surface area contributed by atoms with Gasteiger partial charge in [0.25, 0.3) is 0 Å². The highest BCUT2D eigenvalue weighted by atomic mass is 16.5. The molecule has 0 aromatic carbocycles. The molecule has 0 atom stereocenters. The fourth-order valence-corrected chi connectivity index (χ4v) is 1.38. The number of oxazole rings is 1. The van der Waals surface area contributed by atoms with E-state index in [1.165, 1.54) is 7.11 Å². The summed E-state index contributed by atoms with van der Waals surface area (Å²) < 4.78 is 9.86. The van der Waals surface area contributed by atoms with E-state index < -0.39 is 5.97 Å². The van der Waals surface area contributed by atoms with Crippen molar-refractivity contribution >= 4 is 18.1 Å². The molecule has 2 aromatic heterocycles. The molecule has 0 spiro atoms. The quantitative estimate of drug-likeness (QED) is 0.824. The number of hydrogen-bond acceptors (Lipinski definition) is 4. The molecular weight excluding hydrogens is 220 g/mol. The first-order chi connectivity index (χ1) is 8.20. The van der Waals surface area contributed by atoms with Crippen molar-refractivity contribution < 1.29 is 13.9 Å². The largest absolute Gasteiger partial charge is 0.463 e. The van der Waals surface area contributed by atoms with Gasteiger partial charge >= 0.3 is 5.97 Å². The lowest BCUT2D eigenvalue weighted by molar-refractivity contribution is 0.0563. The number of aromatic nitrogens is 2. The normalized spacial score (nSPS) is 10.9. The molecule has 17 heavy (non-hydrogen) atoms. The van der Waals surface area contributed by atoms with Gasteiger partial charge in [0.1, 0.15) is 0 Å². The van der Waals surface area contributed by atoms with Crippen molar-refractivity contribution in [1.82, 2.24) is 9.97 Å². The second kappa shape index (κ2) is 4.69. The number of aryl methyl sites for hydroxylation is 1. The van der Waals surface area contributed by atoms with E-state index in [1.54, 1.807) is 13.0 Å². The molecule has 0 amide bonds. The second-order valence-electron chi connectivity index (χ2n) is 3.42. The van der Waals surface area contributed by atoms with Gasteiger partial charge in [0, 0.05) is 18.0 Å². The van der Waals surface area contributed by atoms with Crippen molar-refractivity contribution in [3.63, 3.8) is 0 Å². The number of ether oxygens (including phenoxy) is 1. The van der Waals surface area contributed by atoms with Gasteiger partial charge in [0.2, 0.25) is 11.7 Å². The van der Waals surface area contributed by atoms with Gasteiger partial charge < -0.3 is 14.1 Å². The van der Waals surface area contributed by atoms with E-state index in [0.29, 0.717) is 11.6 Å². The molecule has 0 unspecified atom stereocenters. The zero-order valence-corrected chi connectivity index (χ0v) is 9.56. The van der Waals surface area contributed by atoms with Gasteiger partial charge in [0.05, 0.1) is 12.8 Å². The van der Waals surface area contributed by atoms with Crippen molar-refractivity contribution in [2.75, 3.05) is 7.11 Å². The Kier molecular flexibility index (Phi) is 3.09. The minimum Gasteiger partial charge on any atom is -0.463 e. The molecule has 88 valence electrons. The zero-order chi connectivity index (χ0) is 12.3. The summed E-state index contributed by atoms with van der Waals surface area (Å²) in [5.74, 6) is -0.00865. The molecule has 0 radical (unpaired) electrons. The van der Waals surface area contributed by atoms with Crippen LogP contribution in [0.5, 0.6) is 0 Å². The number of methoxy groups -OCH3 is 1. The molecule has 2 rings (SSSR count). The average molecular weight is 232 g/mol. The summed E-state index contributed by atoms with van der Waals surface area (Å²) in [6.07, 6.45) is 5.32. The SMILES string of the molecule is COC(=O)c1oc(C=Cc2ccc[nH]2)nc1C. The van der Waals surface area contributed by atoms with E-state index in [1.807, 2.05) is 24.4 Å². The fourth-order valence-electron chi connectivity index (χ4n) is 1.38. The summed E-state index contributed by atoms with van der Waals surface area (Å²) >= 11 is 0. The van der Waals surface area contributed by atoms with Gasteiger partial charge in [-0.25, -0.2) is 9.78 Å². The lowest BCUT2D eigenvalue weighted by Crippen LogP contribution is -2.00. The van der Waals surface area contributed by atoms with Gasteiger partial charge in [-0.3, -0.25) is 0 Å². The van der Waals surface area contributed by atoms with Crippen LogP contribution in [0.4, 0.5) is 0 Å². The number of rotatable bonds is 3. The minimum atomic E-state index is -0.519. The number of nitrogens with zero attached hydrogens (tertiary/aromatic N) is 1. The van der Waals surface area contributed by atoms with Gasteiger partial charge in [-0.1, -0.05) is 0 Å². The van der Waals surface area contributed by atoms with Crippen LogP contribution in [0.15, 0.2) is 22.7 Å². The lowest BCUT2D eigenvalue weighted by Gasteiger charge is -1.92. The highest BCUT2D eigenvalue weighted by molar-refractivity contribution is 5.87. The van der Waals surface area contributed by atoms with Crippen LogP contribution in [-0.2, 0) is 4.74 Å². The summed E-state index contributed by atoms with van der Waals surface area (Å²) in [4.78, 5) is 18.4. The Morgan fingerprint density at radius 2 is 2.35 bits per heavy atom. The van der Waals surface area contributed by atoms with Crippen molar-refractivity contribution in [1.29, 1.82) is 0 Å². The molecule has 5 heteroatoms. The van der Waals surface area contributed by atoms with Crippen LogP contribution < -0.4 is 0 Å². The van der Waals surface area contributed by atoms with E-state index >= 15 is 0 Å². The standard InChI is InChI=1S/C12H12N2O3/c1-8-11(12(15)16-2)17-10(14-8)6-5-9-4-3-7-13-9/h3-7,13H,1-2H3. The summed E-state index contributed by atoms with van der Waals surface area (Å²) in [7, 11) is 1.30. The molecule has 0 aliphatic heterocycles. The van der Waals surface area contributed by atoms with Crippen LogP contribution in [0.1, 0.15) is 27.8 Å². The number of esters is 1. The van der Waals surface area contributed by atoms with Crippen LogP contribution in [0.3, 0.4) is 0 Å². The lowest BCUT2D eigenvalue weighted by atomic mass is 10.4. The third kappa shape index (κ3) is 2.44. The molecule has 0 saturated heterocycles. The monoisotopic (exact) mass is 232 g/mol. The van der Waals surface area contributed by atoms with Crippen molar-refractivity contribution in [2.45, 2.75) is 6.92 Å². The highest BCUT2D eigenvalue weighted by Crippen LogP contribution is 2.13. The number of H-pyrrole nitrogens is 1. The number of hydrogen-bond donors (Lipinski definition) is 1. The van der Waals surface area contributed by atoms with Crippen molar-refractivity contribution in [3.05, 3.63) is 41.4 Å². The van der Waals surface area contributed by atoms with E-state index in [0.717, 1.165) is 5.69 Å². The predicted octanol–water partition coefficient (Wildman–Crippen LogP) is 2.27. The first-order valence-corrected chi connectivity index (χ1v) is 5.08. The Bertz CT molecular complexity index is 538. The summed E-state index contributed by atoms with van der Waals surface area (Å²) in [5, 5.41) is 0. The maximum atomic E-state index is 11.3. The van der Waals surface area contributed by atoms with Gasteiger partial charge in [-0.05, 0) is 25.1 Å². The van der Waals surface area contributed by atoms with Crippen LogP contribution >= 0.6 is 0 Å². The van der Waals surface area contributed by atoms with Crippen molar-refractivity contribution in [2.24, 2.45) is 0 Å². The Hall–Kier alpha value is -2.30. The molecule has 2 heterocycles. The number of carbonyl (C=O) groups is 1. The molecule has 5 nitrogen and oxygen atoms in total. The predicted molar refractivity (Wildman–Crippen MR) is 62.3 cm³/mol. The van der Waals surface area contributed by atoms with E-state index in [2.05, 4.69) is 14.7 Å². The first-order valence-electron chi connectivity index (χ1n) is 5.08. The Morgan fingerprint density at radius 1 is 1.53 bits per heavy atom. The molecule has 1 N–H and O–H groups in total. The smallest absolute Gasteiger partial charge is 0.375 e. The molecule has 2 aromatic rings. The van der Waals surface area contributed by atoms with Gasteiger partial charge in [-0.15, -0.1) is 0 Å². The summed E-state index contributed by atoms with van der Waals surface area (Å²) in [6.45, 7) is 1.70. The summed E-state index contributed by atoms with van der Waals surface area (Å²) in [6, 6.07) is 3.80. The van der Waals surface area contributed by atoms with E-state index in [-0.39, 0.29) is 5.76 Å². The topological polar surface area (TPSA) is 68.1 Å². The van der Waals surface area contributed by atoms with Crippen LogP contribution in [0, 0.1) is 6.92 Å². The molecular formula is C12H12N2O3. The molecule has 0 saturated carbocycles. The van der Waals surface area contributed by atoms with Crippen LogP contribution in [-0.4, -0.2) is 23.0 Å². The molecule has 0 bridgehead atoms. The van der Waals surface area contributed by atoms with Gasteiger partial charge in [-0.2, -0.15) is 0 Å². The zero-order valence-electron chi connectivity index (χ0n) is 9.56. The van der Waals surface area contributed by atoms with E-state index in [9.17, 15) is 4.79 Å².